The van der Waals surface area contributed by atoms with Gasteiger partial charge in [0.2, 0.25) is 5.91 Å². The Bertz CT molecular complexity index is 701. The molecule has 1 amide bonds. The molecule has 4 rings (SSSR count). The number of aryl methyl sites for hydroxylation is 2. The second kappa shape index (κ2) is 7.91. The van der Waals surface area contributed by atoms with E-state index in [1.165, 1.54) is 6.42 Å². The summed E-state index contributed by atoms with van der Waals surface area (Å²) >= 11 is 0. The molecule has 0 spiro atoms. The third kappa shape index (κ3) is 4.00. The number of hydrogen-bond donors (Lipinski definition) is 0. The zero-order chi connectivity index (χ0) is 17.9. The number of ether oxygens (including phenoxy) is 1. The van der Waals surface area contributed by atoms with Gasteiger partial charge in [-0.25, -0.2) is 4.68 Å². The van der Waals surface area contributed by atoms with E-state index in [4.69, 9.17) is 4.74 Å². The molecule has 3 heterocycles. The van der Waals surface area contributed by atoms with Crippen LogP contribution in [0.4, 0.5) is 0 Å². The number of nitrogens with zero attached hydrogens (tertiary/aromatic N) is 3. The smallest absolute Gasteiger partial charge is 0.267 e. The highest BCUT2D eigenvalue weighted by Gasteiger charge is 2.27. The molecule has 3 aliphatic rings. The third-order valence-electron chi connectivity index (χ3n) is 6.10. The number of rotatable bonds is 4. The second-order valence-corrected chi connectivity index (χ2v) is 8.01. The topological polar surface area (TPSA) is 64.4 Å². The minimum Gasteiger partial charge on any atom is -0.378 e. The van der Waals surface area contributed by atoms with E-state index < -0.39 is 0 Å². The van der Waals surface area contributed by atoms with Crippen LogP contribution in [0.15, 0.2) is 10.9 Å². The van der Waals surface area contributed by atoms with Crippen LogP contribution in [0.25, 0.3) is 0 Å². The maximum absolute atomic E-state index is 12.4. The highest BCUT2D eigenvalue weighted by Crippen LogP contribution is 2.22. The Hall–Kier alpha value is -1.69. The molecule has 2 fully saturated rings. The largest absolute Gasteiger partial charge is 0.378 e. The first kappa shape index (κ1) is 17.7. The van der Waals surface area contributed by atoms with Gasteiger partial charge >= 0.3 is 0 Å². The van der Waals surface area contributed by atoms with Crippen molar-refractivity contribution < 1.29 is 9.53 Å². The van der Waals surface area contributed by atoms with Gasteiger partial charge < -0.3 is 9.64 Å². The fourth-order valence-corrected chi connectivity index (χ4v) is 4.47. The van der Waals surface area contributed by atoms with Crippen molar-refractivity contribution in [1.29, 1.82) is 0 Å². The molecule has 1 unspecified atom stereocenters. The first-order valence-corrected chi connectivity index (χ1v) is 10.2. The summed E-state index contributed by atoms with van der Waals surface area (Å²) in [4.78, 5) is 26.7. The van der Waals surface area contributed by atoms with Gasteiger partial charge in [-0.3, -0.25) is 9.59 Å². The van der Waals surface area contributed by atoms with Gasteiger partial charge in [0.25, 0.3) is 5.56 Å². The monoisotopic (exact) mass is 359 g/mol. The van der Waals surface area contributed by atoms with Crippen molar-refractivity contribution in [2.24, 2.45) is 5.92 Å². The van der Waals surface area contributed by atoms with Crippen molar-refractivity contribution in [3.05, 3.63) is 27.7 Å². The van der Waals surface area contributed by atoms with Gasteiger partial charge in [0.1, 0.15) is 0 Å². The van der Waals surface area contributed by atoms with Crippen LogP contribution in [-0.4, -0.2) is 46.4 Å². The molecule has 1 aromatic rings. The van der Waals surface area contributed by atoms with E-state index in [2.05, 4.69) is 5.10 Å². The Morgan fingerprint density at radius 3 is 2.73 bits per heavy atom. The summed E-state index contributed by atoms with van der Waals surface area (Å²) in [5, 5.41) is 4.64. The van der Waals surface area contributed by atoms with Crippen LogP contribution >= 0.6 is 0 Å². The molecule has 6 heteroatoms. The zero-order valence-corrected chi connectivity index (χ0v) is 15.5. The first-order valence-electron chi connectivity index (χ1n) is 10.2. The molecule has 142 valence electrons. The maximum atomic E-state index is 12.4. The highest BCUT2D eigenvalue weighted by atomic mass is 16.5. The molecule has 1 atom stereocenters. The standard InChI is InChI=1S/C20H29N3O3/c24-19(13-17-5-3-11-26-17)22-9-7-15(8-10-22)14-23-20(25)12-16-4-1-2-6-18(16)21-23/h12,15,17H,1-11,13-14H2. The SMILES string of the molecule is O=C(CC1CCCO1)N1CCC(Cn2nc3c(cc2=O)CCCC3)CC1. The molecule has 0 radical (unpaired) electrons. The van der Waals surface area contributed by atoms with Gasteiger partial charge in [-0.05, 0) is 62.8 Å². The van der Waals surface area contributed by atoms with Crippen LogP contribution in [0.2, 0.25) is 0 Å². The van der Waals surface area contributed by atoms with Gasteiger partial charge in [-0.2, -0.15) is 5.10 Å². The summed E-state index contributed by atoms with van der Waals surface area (Å²) in [7, 11) is 0. The molecule has 0 bridgehead atoms. The van der Waals surface area contributed by atoms with Gasteiger partial charge in [0.15, 0.2) is 0 Å². The zero-order valence-electron chi connectivity index (χ0n) is 15.5. The van der Waals surface area contributed by atoms with E-state index in [9.17, 15) is 9.59 Å². The first-order chi connectivity index (χ1) is 12.7. The van der Waals surface area contributed by atoms with Crippen LogP contribution < -0.4 is 5.56 Å². The molecule has 6 nitrogen and oxygen atoms in total. The number of likely N-dealkylation sites (tertiary alicyclic amines) is 1. The summed E-state index contributed by atoms with van der Waals surface area (Å²) in [6, 6.07) is 1.79. The lowest BCUT2D eigenvalue weighted by Crippen LogP contribution is -2.41. The molecular formula is C20H29N3O3. The van der Waals surface area contributed by atoms with E-state index in [0.717, 1.165) is 75.9 Å². The molecule has 2 aliphatic heterocycles. The second-order valence-electron chi connectivity index (χ2n) is 8.01. The Balaban J connectivity index is 1.31. The van der Waals surface area contributed by atoms with Crippen molar-refractivity contribution in [3.8, 4) is 0 Å². The van der Waals surface area contributed by atoms with Crippen LogP contribution in [0, 0.1) is 5.92 Å². The van der Waals surface area contributed by atoms with Gasteiger partial charge in [0.05, 0.1) is 18.2 Å². The molecular weight excluding hydrogens is 330 g/mol. The van der Waals surface area contributed by atoms with Crippen molar-refractivity contribution in [2.45, 2.75) is 70.4 Å². The summed E-state index contributed by atoms with van der Waals surface area (Å²) in [5.41, 5.74) is 2.29. The molecule has 0 saturated carbocycles. The van der Waals surface area contributed by atoms with Crippen LogP contribution in [0.5, 0.6) is 0 Å². The Morgan fingerprint density at radius 2 is 1.96 bits per heavy atom. The van der Waals surface area contributed by atoms with Crippen LogP contribution in [-0.2, 0) is 28.9 Å². The highest BCUT2D eigenvalue weighted by molar-refractivity contribution is 5.76. The summed E-state index contributed by atoms with van der Waals surface area (Å²) < 4.78 is 7.24. The Morgan fingerprint density at radius 1 is 1.15 bits per heavy atom. The van der Waals surface area contributed by atoms with Gasteiger partial charge in [-0.15, -0.1) is 0 Å². The van der Waals surface area contributed by atoms with Gasteiger partial charge in [-0.1, -0.05) is 0 Å². The number of piperidine rings is 1. The van der Waals surface area contributed by atoms with Crippen LogP contribution in [0.1, 0.15) is 56.2 Å². The normalized spacial score (nSPS) is 23.8. The summed E-state index contributed by atoms with van der Waals surface area (Å²) in [6.07, 6.45) is 8.94. The number of aromatic nitrogens is 2. The number of fused-ring (bicyclic) bond motifs is 1. The third-order valence-corrected chi connectivity index (χ3v) is 6.10. The minimum atomic E-state index is 0.0301. The van der Waals surface area contributed by atoms with Crippen molar-refractivity contribution >= 4 is 5.91 Å². The molecule has 0 N–H and O–H groups in total. The predicted octanol–water partition coefficient (Wildman–Crippen LogP) is 1.93. The number of hydrogen-bond acceptors (Lipinski definition) is 4. The fraction of sp³-hybridized carbons (Fsp3) is 0.750. The maximum Gasteiger partial charge on any atom is 0.267 e. The molecule has 2 saturated heterocycles. The minimum absolute atomic E-state index is 0.0301. The molecule has 1 aromatic heterocycles. The van der Waals surface area contributed by atoms with Crippen LogP contribution in [0.3, 0.4) is 0 Å². The van der Waals surface area contributed by atoms with E-state index in [-0.39, 0.29) is 17.6 Å². The lowest BCUT2D eigenvalue weighted by atomic mass is 9.95. The van der Waals surface area contributed by atoms with Crippen molar-refractivity contribution in [2.75, 3.05) is 19.7 Å². The predicted molar refractivity (Wildman–Crippen MR) is 98.0 cm³/mol. The van der Waals surface area contributed by atoms with E-state index in [0.29, 0.717) is 18.9 Å². The summed E-state index contributed by atoms with van der Waals surface area (Å²) in [5.74, 6) is 0.646. The molecule has 0 aromatic carbocycles. The quantitative estimate of drug-likeness (QED) is 0.824. The van der Waals surface area contributed by atoms with E-state index in [1.54, 1.807) is 10.7 Å². The summed E-state index contributed by atoms with van der Waals surface area (Å²) in [6.45, 7) is 3.05. The number of carbonyl (C=O) groups excluding carboxylic acids is 1. The average molecular weight is 359 g/mol. The average Bonchev–Trinajstić information content (AvgIpc) is 3.16. The number of carbonyl (C=O) groups is 1. The Kier molecular flexibility index (Phi) is 5.38. The van der Waals surface area contributed by atoms with E-state index in [1.807, 2.05) is 4.90 Å². The lowest BCUT2D eigenvalue weighted by Gasteiger charge is -2.32. The Labute approximate surface area is 154 Å². The van der Waals surface area contributed by atoms with Gasteiger partial charge in [0, 0.05) is 32.3 Å². The number of amides is 1. The molecule has 26 heavy (non-hydrogen) atoms. The van der Waals surface area contributed by atoms with E-state index >= 15 is 0 Å². The van der Waals surface area contributed by atoms with Crippen molar-refractivity contribution in [1.82, 2.24) is 14.7 Å². The fourth-order valence-electron chi connectivity index (χ4n) is 4.47. The lowest BCUT2D eigenvalue weighted by molar-refractivity contribution is -0.134. The van der Waals surface area contributed by atoms with Crippen molar-refractivity contribution in [3.63, 3.8) is 0 Å². The molecule has 1 aliphatic carbocycles.